The van der Waals surface area contributed by atoms with E-state index in [0.29, 0.717) is 19.0 Å². The van der Waals surface area contributed by atoms with Crippen molar-refractivity contribution >= 4 is 21.9 Å². The van der Waals surface area contributed by atoms with E-state index in [9.17, 15) is 5.11 Å². The molecule has 0 aromatic carbocycles. The molecule has 0 spiro atoms. The molecule has 1 aromatic rings. The molecule has 1 fully saturated rings. The molecule has 1 aromatic heterocycles. The van der Waals surface area contributed by atoms with Crippen molar-refractivity contribution < 1.29 is 5.11 Å². The number of aliphatic hydroxyl groups is 1. The summed E-state index contributed by atoms with van der Waals surface area (Å²) in [5.41, 5.74) is 0.339. The Morgan fingerprint density at radius 1 is 1.57 bits per heavy atom. The van der Waals surface area contributed by atoms with Crippen molar-refractivity contribution in [1.29, 1.82) is 0 Å². The Kier molecular flexibility index (Phi) is 2.23. The van der Waals surface area contributed by atoms with Gasteiger partial charge in [0.25, 0.3) is 0 Å². The first-order chi connectivity index (χ1) is 6.48. The molecule has 1 aliphatic rings. The summed E-state index contributed by atoms with van der Waals surface area (Å²) in [5.74, 6) is 0.692. The van der Waals surface area contributed by atoms with E-state index in [-0.39, 0.29) is 0 Å². The molecule has 0 radical (unpaired) electrons. The second-order valence-electron chi connectivity index (χ2n) is 3.96. The lowest BCUT2D eigenvalue weighted by atomic mass is 9.98. The summed E-state index contributed by atoms with van der Waals surface area (Å²) < 4.78 is 0.911. The average molecular weight is 258 g/mol. The van der Waals surface area contributed by atoms with Gasteiger partial charge in [-0.2, -0.15) is 0 Å². The van der Waals surface area contributed by atoms with Crippen molar-refractivity contribution in [3.63, 3.8) is 0 Å². The maximum atomic E-state index is 9.56. The molecular formula is C9H12BrN3O. The quantitative estimate of drug-likeness (QED) is 0.820. The second-order valence-corrected chi connectivity index (χ2v) is 4.81. The van der Waals surface area contributed by atoms with Crippen LogP contribution in [0.1, 0.15) is 12.6 Å². The number of nitrogens with zero attached hydrogens (tertiary/aromatic N) is 3. The minimum absolute atomic E-state index is 0.579. The molecule has 0 aliphatic carbocycles. The zero-order valence-corrected chi connectivity index (χ0v) is 9.74. The molecule has 76 valence electrons. The third-order valence-electron chi connectivity index (χ3n) is 2.25. The molecule has 1 saturated heterocycles. The minimum Gasteiger partial charge on any atom is -0.386 e. The van der Waals surface area contributed by atoms with Gasteiger partial charge in [-0.3, -0.25) is 0 Å². The Morgan fingerprint density at radius 3 is 2.71 bits per heavy atom. The maximum absolute atomic E-state index is 9.56. The van der Waals surface area contributed by atoms with E-state index in [2.05, 4.69) is 25.9 Å². The number of anilines is 1. The highest BCUT2D eigenvalue weighted by Crippen LogP contribution is 2.25. The van der Waals surface area contributed by atoms with Gasteiger partial charge in [-0.05, 0) is 29.8 Å². The topological polar surface area (TPSA) is 49.2 Å². The average Bonchev–Trinajstić information content (AvgIpc) is 2.06. The van der Waals surface area contributed by atoms with Crippen LogP contribution >= 0.6 is 15.9 Å². The molecule has 0 amide bonds. The first-order valence-corrected chi connectivity index (χ1v) is 5.24. The lowest BCUT2D eigenvalue weighted by Crippen LogP contribution is -2.60. The molecule has 5 heteroatoms. The molecule has 2 rings (SSSR count). The van der Waals surface area contributed by atoms with Crippen LogP contribution in [0.3, 0.4) is 0 Å². The van der Waals surface area contributed by atoms with E-state index in [0.717, 1.165) is 10.2 Å². The van der Waals surface area contributed by atoms with Crippen LogP contribution in [0.2, 0.25) is 0 Å². The summed E-state index contributed by atoms with van der Waals surface area (Å²) in [6.07, 6.45) is 1.74. The Balaban J connectivity index is 2.16. The fourth-order valence-electron chi connectivity index (χ4n) is 1.51. The normalized spacial score (nSPS) is 19.3. The summed E-state index contributed by atoms with van der Waals surface area (Å²) in [5, 5.41) is 9.56. The largest absolute Gasteiger partial charge is 0.386 e. The van der Waals surface area contributed by atoms with Gasteiger partial charge in [-0.1, -0.05) is 0 Å². The lowest BCUT2D eigenvalue weighted by molar-refractivity contribution is 0.0299. The van der Waals surface area contributed by atoms with Crippen LogP contribution in [0.4, 0.5) is 5.95 Å². The number of halogens is 1. The predicted octanol–water partition coefficient (Wildman–Crippen LogP) is 1.12. The highest BCUT2D eigenvalue weighted by molar-refractivity contribution is 9.10. The molecule has 1 aliphatic heterocycles. The third-order valence-corrected chi connectivity index (χ3v) is 3.03. The van der Waals surface area contributed by atoms with E-state index in [1.807, 2.05) is 18.7 Å². The first-order valence-electron chi connectivity index (χ1n) is 4.44. The van der Waals surface area contributed by atoms with E-state index in [4.69, 9.17) is 0 Å². The van der Waals surface area contributed by atoms with E-state index in [1.165, 1.54) is 0 Å². The second kappa shape index (κ2) is 3.17. The highest BCUT2D eigenvalue weighted by Gasteiger charge is 2.37. The van der Waals surface area contributed by atoms with Crippen molar-refractivity contribution in [3.05, 3.63) is 16.4 Å². The van der Waals surface area contributed by atoms with Gasteiger partial charge < -0.3 is 10.0 Å². The zero-order chi connectivity index (χ0) is 10.3. The SMILES string of the molecule is Cc1nc(N2CC(C)(O)C2)ncc1Br. The molecule has 14 heavy (non-hydrogen) atoms. The van der Waals surface area contributed by atoms with Crippen molar-refractivity contribution in [2.75, 3.05) is 18.0 Å². The summed E-state index contributed by atoms with van der Waals surface area (Å²) >= 11 is 3.35. The molecule has 0 saturated carbocycles. The summed E-state index contributed by atoms with van der Waals surface area (Å²) in [6, 6.07) is 0. The Labute approximate surface area is 91.1 Å². The van der Waals surface area contributed by atoms with Crippen LogP contribution in [0, 0.1) is 6.92 Å². The van der Waals surface area contributed by atoms with Gasteiger partial charge in [0.15, 0.2) is 0 Å². The van der Waals surface area contributed by atoms with E-state index >= 15 is 0 Å². The molecule has 0 bridgehead atoms. The minimum atomic E-state index is -0.579. The smallest absolute Gasteiger partial charge is 0.225 e. The van der Waals surface area contributed by atoms with Gasteiger partial charge >= 0.3 is 0 Å². The van der Waals surface area contributed by atoms with Gasteiger partial charge in [-0.15, -0.1) is 0 Å². The van der Waals surface area contributed by atoms with Crippen molar-refractivity contribution in [2.45, 2.75) is 19.4 Å². The number of β-amino-alcohol motifs (C(OH)–C–C–N with tert-alkyl or cyclic N) is 1. The fourth-order valence-corrected chi connectivity index (χ4v) is 1.70. The number of hydrogen-bond donors (Lipinski definition) is 1. The van der Waals surface area contributed by atoms with Gasteiger partial charge in [0, 0.05) is 6.20 Å². The number of rotatable bonds is 1. The number of aromatic nitrogens is 2. The molecule has 2 heterocycles. The van der Waals surface area contributed by atoms with Crippen LogP contribution < -0.4 is 4.90 Å². The Bertz CT molecular complexity index is 359. The zero-order valence-electron chi connectivity index (χ0n) is 8.16. The van der Waals surface area contributed by atoms with Crippen LogP contribution in [0.25, 0.3) is 0 Å². The monoisotopic (exact) mass is 257 g/mol. The third kappa shape index (κ3) is 1.74. The fraction of sp³-hybridized carbons (Fsp3) is 0.556. The maximum Gasteiger partial charge on any atom is 0.225 e. The lowest BCUT2D eigenvalue weighted by Gasteiger charge is -2.44. The van der Waals surface area contributed by atoms with Crippen LogP contribution in [-0.4, -0.2) is 33.8 Å². The highest BCUT2D eigenvalue weighted by atomic mass is 79.9. The first kappa shape index (κ1) is 9.86. The van der Waals surface area contributed by atoms with Crippen LogP contribution in [0.15, 0.2) is 10.7 Å². The van der Waals surface area contributed by atoms with Crippen LogP contribution in [0.5, 0.6) is 0 Å². The predicted molar refractivity (Wildman–Crippen MR) is 57.3 cm³/mol. The summed E-state index contributed by atoms with van der Waals surface area (Å²) in [7, 11) is 0. The Hall–Kier alpha value is -0.680. The molecule has 0 unspecified atom stereocenters. The van der Waals surface area contributed by atoms with Crippen molar-refractivity contribution in [3.8, 4) is 0 Å². The van der Waals surface area contributed by atoms with Gasteiger partial charge in [0.1, 0.15) is 0 Å². The van der Waals surface area contributed by atoms with Gasteiger partial charge in [0.2, 0.25) is 5.95 Å². The molecule has 1 N–H and O–H groups in total. The number of hydrogen-bond acceptors (Lipinski definition) is 4. The van der Waals surface area contributed by atoms with Gasteiger partial charge in [-0.25, -0.2) is 9.97 Å². The summed E-state index contributed by atoms with van der Waals surface area (Å²) in [6.45, 7) is 4.95. The molecule has 4 nitrogen and oxygen atoms in total. The van der Waals surface area contributed by atoms with E-state index in [1.54, 1.807) is 6.20 Å². The van der Waals surface area contributed by atoms with Crippen LogP contribution in [-0.2, 0) is 0 Å². The van der Waals surface area contributed by atoms with Crippen molar-refractivity contribution in [1.82, 2.24) is 9.97 Å². The van der Waals surface area contributed by atoms with Crippen molar-refractivity contribution in [2.24, 2.45) is 0 Å². The van der Waals surface area contributed by atoms with E-state index < -0.39 is 5.60 Å². The summed E-state index contributed by atoms with van der Waals surface area (Å²) in [4.78, 5) is 10.5. The van der Waals surface area contributed by atoms with Gasteiger partial charge in [0.05, 0.1) is 28.9 Å². The standard InChI is InChI=1S/C9H12BrN3O/c1-6-7(10)3-11-8(12-6)13-4-9(2,14)5-13/h3,14H,4-5H2,1-2H3. The number of aryl methyl sites for hydroxylation is 1. The Morgan fingerprint density at radius 2 is 2.21 bits per heavy atom. The molecular weight excluding hydrogens is 246 g/mol. The molecule has 0 atom stereocenters.